The van der Waals surface area contributed by atoms with Crippen LogP contribution in [0.25, 0.3) is 16.8 Å². The van der Waals surface area contributed by atoms with Crippen LogP contribution in [0.4, 0.5) is 17.3 Å². The third-order valence-corrected chi connectivity index (χ3v) is 5.87. The third kappa shape index (κ3) is 5.04. The average molecular weight is 464 g/mol. The Hall–Kier alpha value is -3.31. The van der Waals surface area contributed by atoms with E-state index in [1.165, 1.54) is 0 Å². The van der Waals surface area contributed by atoms with Gasteiger partial charge in [-0.1, -0.05) is 24.3 Å². The van der Waals surface area contributed by atoms with E-state index in [4.69, 9.17) is 9.84 Å². The molecule has 1 aliphatic heterocycles. The van der Waals surface area contributed by atoms with E-state index in [0.29, 0.717) is 5.95 Å². The molecule has 0 bridgehead atoms. The monoisotopic (exact) mass is 463 g/mol. The van der Waals surface area contributed by atoms with Gasteiger partial charge in [0.25, 0.3) is 0 Å². The molecule has 0 saturated carbocycles. The van der Waals surface area contributed by atoms with Crippen molar-refractivity contribution in [3.63, 3.8) is 0 Å². The van der Waals surface area contributed by atoms with Crippen molar-refractivity contribution in [3.8, 4) is 11.3 Å². The number of benzene rings is 2. The molecule has 3 heterocycles. The Morgan fingerprint density at radius 1 is 1.06 bits per heavy atom. The van der Waals surface area contributed by atoms with Gasteiger partial charge in [0.15, 0.2) is 0 Å². The number of rotatable bonds is 7. The summed E-state index contributed by atoms with van der Waals surface area (Å²) in [6.45, 7) is 3.45. The molecule has 0 amide bonds. The van der Waals surface area contributed by atoms with E-state index >= 15 is 0 Å². The van der Waals surface area contributed by atoms with E-state index in [9.17, 15) is 8.76 Å². The van der Waals surface area contributed by atoms with Crippen molar-refractivity contribution in [1.82, 2.24) is 19.3 Å². The van der Waals surface area contributed by atoms with E-state index in [0.717, 1.165) is 60.0 Å². The van der Waals surface area contributed by atoms with E-state index in [-0.39, 0.29) is 6.54 Å². The molecule has 9 nitrogen and oxygen atoms in total. The molecule has 1 aliphatic rings. The zero-order valence-electron chi connectivity index (χ0n) is 17.8. The molecule has 2 N–H and O–H groups in total. The fraction of sp³-hybridized carbons (Fsp3) is 0.217. The zero-order valence-corrected chi connectivity index (χ0v) is 18.6. The van der Waals surface area contributed by atoms with Crippen LogP contribution in [-0.2, 0) is 22.5 Å². The highest BCUT2D eigenvalue weighted by atomic mass is 32.2. The van der Waals surface area contributed by atoms with Crippen LogP contribution in [0.3, 0.4) is 0 Å². The summed E-state index contributed by atoms with van der Waals surface area (Å²) in [4.78, 5) is 6.76. The first-order valence-corrected chi connectivity index (χ1v) is 11.7. The third-order valence-electron chi connectivity index (χ3n) is 5.49. The number of ether oxygens (including phenoxy) is 1. The Morgan fingerprint density at radius 2 is 1.91 bits per heavy atom. The normalized spacial score (nSPS) is 15.0. The molecule has 2 aromatic carbocycles. The first-order chi connectivity index (χ1) is 16.2. The van der Waals surface area contributed by atoms with Gasteiger partial charge in [-0.25, -0.2) is 14.2 Å². The SMILES string of the molecule is O=S([O-])NCc1cccc(-c2ccc3cnc(Nc4cccc(N5CCOCC5)c4)nn23)c1. The molecule has 170 valence electrons. The van der Waals surface area contributed by atoms with Gasteiger partial charge in [-0.15, -0.1) is 5.10 Å². The number of nitrogens with one attached hydrogen (secondary N) is 2. The predicted molar refractivity (Wildman–Crippen MR) is 127 cm³/mol. The number of hydrogen-bond donors (Lipinski definition) is 2. The van der Waals surface area contributed by atoms with Gasteiger partial charge in [0.2, 0.25) is 5.95 Å². The summed E-state index contributed by atoms with van der Waals surface area (Å²) >= 11 is -2.30. The number of morpholine rings is 1. The van der Waals surface area contributed by atoms with Crippen LogP contribution in [0.2, 0.25) is 0 Å². The Kier molecular flexibility index (Phi) is 6.31. The van der Waals surface area contributed by atoms with Crippen molar-refractivity contribution in [3.05, 3.63) is 72.4 Å². The first kappa shape index (κ1) is 21.5. The predicted octanol–water partition coefficient (Wildman–Crippen LogP) is 2.86. The lowest BCUT2D eigenvalue weighted by molar-refractivity contribution is 0.122. The van der Waals surface area contributed by atoms with Gasteiger partial charge >= 0.3 is 0 Å². The lowest BCUT2D eigenvalue weighted by Gasteiger charge is -2.29. The molecule has 1 unspecified atom stereocenters. The van der Waals surface area contributed by atoms with Gasteiger partial charge in [-0.2, -0.15) is 0 Å². The van der Waals surface area contributed by atoms with Crippen LogP contribution in [0.1, 0.15) is 5.56 Å². The van der Waals surface area contributed by atoms with Crippen molar-refractivity contribution in [2.45, 2.75) is 6.54 Å². The highest BCUT2D eigenvalue weighted by Crippen LogP contribution is 2.25. The summed E-state index contributed by atoms with van der Waals surface area (Å²) in [6.07, 6.45) is 1.77. The molecule has 5 rings (SSSR count). The van der Waals surface area contributed by atoms with E-state index < -0.39 is 11.3 Å². The molecule has 0 spiro atoms. The minimum Gasteiger partial charge on any atom is -0.760 e. The molecule has 4 aromatic rings. The summed E-state index contributed by atoms with van der Waals surface area (Å²) < 4.78 is 31.3. The summed E-state index contributed by atoms with van der Waals surface area (Å²) in [6, 6.07) is 19.8. The number of nitrogens with zero attached hydrogens (tertiary/aromatic N) is 4. The average Bonchev–Trinajstić information content (AvgIpc) is 3.27. The fourth-order valence-corrected chi connectivity index (χ4v) is 4.18. The first-order valence-electron chi connectivity index (χ1n) is 10.6. The molecule has 33 heavy (non-hydrogen) atoms. The quantitative estimate of drug-likeness (QED) is 0.406. The topological polar surface area (TPSA) is 107 Å². The Labute approximate surface area is 193 Å². The summed E-state index contributed by atoms with van der Waals surface area (Å²) in [7, 11) is 0. The van der Waals surface area contributed by atoms with Crippen LogP contribution < -0.4 is 14.9 Å². The number of fused-ring (bicyclic) bond motifs is 1. The van der Waals surface area contributed by atoms with Crippen LogP contribution in [-0.4, -0.2) is 49.7 Å². The molecule has 1 fully saturated rings. The molecular formula is C23H23N6O3S-. The minimum atomic E-state index is -2.30. The molecular weight excluding hydrogens is 440 g/mol. The maximum Gasteiger partial charge on any atom is 0.245 e. The maximum atomic E-state index is 10.8. The van der Waals surface area contributed by atoms with Crippen molar-refractivity contribution in [1.29, 1.82) is 0 Å². The van der Waals surface area contributed by atoms with Gasteiger partial charge < -0.3 is 19.5 Å². The van der Waals surface area contributed by atoms with Gasteiger partial charge in [0, 0.05) is 47.8 Å². The van der Waals surface area contributed by atoms with Crippen LogP contribution in [0.15, 0.2) is 66.9 Å². The number of aromatic nitrogens is 3. The van der Waals surface area contributed by atoms with E-state index in [1.807, 2.05) is 53.0 Å². The maximum absolute atomic E-state index is 10.8. The van der Waals surface area contributed by atoms with Crippen molar-refractivity contribution in [2.24, 2.45) is 0 Å². The fourth-order valence-electron chi connectivity index (χ4n) is 3.89. The largest absolute Gasteiger partial charge is 0.760 e. The smallest absolute Gasteiger partial charge is 0.245 e. The van der Waals surface area contributed by atoms with E-state index in [1.54, 1.807) is 6.20 Å². The van der Waals surface area contributed by atoms with Crippen LogP contribution in [0.5, 0.6) is 0 Å². The lowest BCUT2D eigenvalue weighted by atomic mass is 10.1. The minimum absolute atomic E-state index is 0.231. The summed E-state index contributed by atoms with van der Waals surface area (Å²) in [5.41, 5.74) is 5.59. The second-order valence-corrected chi connectivity index (χ2v) is 8.43. The van der Waals surface area contributed by atoms with E-state index in [2.05, 4.69) is 32.1 Å². The molecule has 2 aromatic heterocycles. The van der Waals surface area contributed by atoms with Crippen LogP contribution in [0, 0.1) is 0 Å². The van der Waals surface area contributed by atoms with Gasteiger partial charge in [-0.3, -0.25) is 4.21 Å². The van der Waals surface area contributed by atoms with Crippen molar-refractivity contribution < 1.29 is 13.5 Å². The molecule has 1 atom stereocenters. The molecule has 1 saturated heterocycles. The van der Waals surface area contributed by atoms with Gasteiger partial charge in [0.05, 0.1) is 30.6 Å². The van der Waals surface area contributed by atoms with Gasteiger partial charge in [0.1, 0.15) is 0 Å². The van der Waals surface area contributed by atoms with Gasteiger partial charge in [-0.05, 0) is 42.0 Å². The number of anilines is 3. The second-order valence-electron chi connectivity index (χ2n) is 7.67. The summed E-state index contributed by atoms with van der Waals surface area (Å²) in [5, 5.41) is 8.01. The highest BCUT2D eigenvalue weighted by Gasteiger charge is 2.12. The summed E-state index contributed by atoms with van der Waals surface area (Å²) in [5.74, 6) is 0.485. The lowest BCUT2D eigenvalue weighted by Crippen LogP contribution is -2.36. The Morgan fingerprint density at radius 3 is 2.76 bits per heavy atom. The zero-order chi connectivity index (χ0) is 22.6. The van der Waals surface area contributed by atoms with Crippen molar-refractivity contribution in [2.75, 3.05) is 36.5 Å². The van der Waals surface area contributed by atoms with Crippen LogP contribution >= 0.6 is 0 Å². The standard InChI is InChI=1S/C23H24N6O3S/c30-33(31)25-15-17-3-1-4-18(13-17)22-8-7-21-16-24-23(27-29(21)22)26-19-5-2-6-20(14-19)28-9-11-32-12-10-28/h1-8,13-14,16,25H,9-12,15H2,(H,26,27)(H,30,31)/p-1. The Bertz CT molecular complexity index is 1290. The Balaban J connectivity index is 1.40. The van der Waals surface area contributed by atoms with Crippen molar-refractivity contribution >= 4 is 34.1 Å². The number of hydrogen-bond acceptors (Lipinski definition) is 7. The molecule has 0 aliphatic carbocycles. The second kappa shape index (κ2) is 9.67. The highest BCUT2D eigenvalue weighted by molar-refractivity contribution is 7.77. The molecule has 0 radical (unpaired) electrons. The molecule has 10 heteroatoms.